The molecule has 0 atom stereocenters. The van der Waals surface area contributed by atoms with E-state index < -0.39 is 0 Å². The van der Waals surface area contributed by atoms with Crippen molar-refractivity contribution in [3.05, 3.63) is 133 Å². The van der Waals surface area contributed by atoms with Crippen molar-refractivity contribution in [3.63, 3.8) is 0 Å². The van der Waals surface area contributed by atoms with E-state index >= 15 is 0 Å². The summed E-state index contributed by atoms with van der Waals surface area (Å²) in [6.45, 7) is 0. The number of hydrogen-bond donors (Lipinski definition) is 0. The van der Waals surface area contributed by atoms with E-state index in [0.29, 0.717) is 40.5 Å². The minimum absolute atomic E-state index is 0.506. The standard InChI is InChI=1S/C49H42N6O/c1-5-13-31(14-6-1)35-21-23-42-37(25-35)38-26-36(32-15-7-2-8-16-32)22-24-43(38)55(42)44-30-51-28-40-39-27-50-29-41(45(39)56-46(40)44)49-53-47(33-17-9-3-10-18-33)52-48(54-49)34-19-11-4-12-20-34/h3-4,9-12,17-32H,1-2,5-8,13-16H2. The van der Waals surface area contributed by atoms with Gasteiger partial charge in [0.1, 0.15) is 11.3 Å². The summed E-state index contributed by atoms with van der Waals surface area (Å²) >= 11 is 0. The lowest BCUT2D eigenvalue weighted by atomic mass is 9.83. The molecule has 7 heteroatoms. The van der Waals surface area contributed by atoms with Crippen LogP contribution in [0.1, 0.15) is 87.2 Å². The van der Waals surface area contributed by atoms with Gasteiger partial charge in [0.2, 0.25) is 0 Å². The van der Waals surface area contributed by atoms with Gasteiger partial charge in [-0.2, -0.15) is 0 Å². The SMILES string of the molecule is c1ccc(-c2nc(-c3ccccc3)nc(-c3cncc4c3oc3c(-n5c6ccc(C7CCCCC7)cc6c6cc(C7CCCCC7)ccc65)cncc34)n2)cc1. The maximum Gasteiger partial charge on any atom is 0.169 e. The lowest BCUT2D eigenvalue weighted by Crippen LogP contribution is -2.04. The molecule has 0 amide bonds. The predicted octanol–water partition coefficient (Wildman–Crippen LogP) is 12.8. The summed E-state index contributed by atoms with van der Waals surface area (Å²) in [5, 5.41) is 4.39. The summed E-state index contributed by atoms with van der Waals surface area (Å²) in [6, 6.07) is 34.5. The molecular weight excluding hydrogens is 689 g/mol. The van der Waals surface area contributed by atoms with Crippen molar-refractivity contribution in [3.8, 4) is 39.9 Å². The first-order valence-corrected chi connectivity index (χ1v) is 20.4. The van der Waals surface area contributed by atoms with Crippen molar-refractivity contribution in [1.29, 1.82) is 0 Å². The molecule has 0 saturated heterocycles. The van der Waals surface area contributed by atoms with Crippen molar-refractivity contribution >= 4 is 43.7 Å². The Hall–Kier alpha value is -6.21. The first-order valence-electron chi connectivity index (χ1n) is 20.4. The Labute approximate surface area is 325 Å². The first kappa shape index (κ1) is 33.2. The lowest BCUT2D eigenvalue weighted by Gasteiger charge is -2.22. The van der Waals surface area contributed by atoms with Gasteiger partial charge in [-0.05, 0) is 72.9 Å². The highest BCUT2D eigenvalue weighted by Crippen LogP contribution is 2.43. The average molecular weight is 731 g/mol. The van der Waals surface area contributed by atoms with E-state index in [9.17, 15) is 0 Å². The summed E-state index contributed by atoms with van der Waals surface area (Å²) < 4.78 is 9.39. The zero-order valence-corrected chi connectivity index (χ0v) is 31.4. The zero-order valence-electron chi connectivity index (χ0n) is 31.4. The Morgan fingerprint density at radius 2 is 0.964 bits per heavy atom. The van der Waals surface area contributed by atoms with Crippen LogP contribution in [0, 0.1) is 0 Å². The highest BCUT2D eigenvalue weighted by Gasteiger charge is 2.25. The maximum atomic E-state index is 7.02. The smallest absolute Gasteiger partial charge is 0.169 e. The number of furan rings is 1. The van der Waals surface area contributed by atoms with Gasteiger partial charge in [0, 0.05) is 45.9 Å². The van der Waals surface area contributed by atoms with Gasteiger partial charge in [0.05, 0.1) is 28.2 Å². The van der Waals surface area contributed by atoms with Crippen LogP contribution in [0.4, 0.5) is 0 Å². The van der Waals surface area contributed by atoms with E-state index in [2.05, 4.69) is 41.0 Å². The molecule has 0 spiro atoms. The number of benzene rings is 4. The van der Waals surface area contributed by atoms with Crippen LogP contribution in [0.25, 0.3) is 83.6 Å². The Morgan fingerprint density at radius 3 is 1.52 bits per heavy atom. The quantitative estimate of drug-likeness (QED) is 0.169. The van der Waals surface area contributed by atoms with Crippen molar-refractivity contribution in [2.75, 3.05) is 0 Å². The van der Waals surface area contributed by atoms with Crippen LogP contribution in [0.2, 0.25) is 0 Å². The Morgan fingerprint density at radius 1 is 0.464 bits per heavy atom. The Balaban J connectivity index is 1.12. The van der Waals surface area contributed by atoms with Crippen LogP contribution >= 0.6 is 0 Å². The first-order chi connectivity index (χ1) is 27.8. The molecule has 11 rings (SSSR count). The Kier molecular flexibility index (Phi) is 8.18. The fourth-order valence-corrected chi connectivity index (χ4v) is 9.53. The van der Waals surface area contributed by atoms with Crippen molar-refractivity contribution in [2.24, 2.45) is 0 Å². The van der Waals surface area contributed by atoms with Crippen LogP contribution in [0.5, 0.6) is 0 Å². The number of rotatable bonds is 6. The van der Waals surface area contributed by atoms with Gasteiger partial charge < -0.3 is 8.98 Å². The third-order valence-electron chi connectivity index (χ3n) is 12.4. The summed E-state index contributed by atoms with van der Waals surface area (Å²) in [7, 11) is 0. The second-order valence-corrected chi connectivity index (χ2v) is 15.8. The van der Waals surface area contributed by atoms with Gasteiger partial charge in [-0.3, -0.25) is 9.97 Å². The van der Waals surface area contributed by atoms with Crippen molar-refractivity contribution < 1.29 is 4.42 Å². The molecule has 0 radical (unpaired) electrons. The van der Waals surface area contributed by atoms with E-state index in [1.807, 2.05) is 79.3 Å². The van der Waals surface area contributed by atoms with E-state index in [1.54, 1.807) is 6.20 Å². The topological polar surface area (TPSA) is 82.5 Å². The summed E-state index contributed by atoms with van der Waals surface area (Å²) in [4.78, 5) is 24.5. The van der Waals surface area contributed by atoms with Gasteiger partial charge in [0.25, 0.3) is 0 Å². The predicted molar refractivity (Wildman–Crippen MR) is 225 cm³/mol. The molecule has 5 aromatic heterocycles. The molecule has 4 aromatic carbocycles. The fraction of sp³-hybridized carbons (Fsp3) is 0.245. The molecule has 0 aliphatic heterocycles. The minimum Gasteiger partial charge on any atom is -0.453 e. The van der Waals surface area contributed by atoms with Crippen molar-refractivity contribution in [2.45, 2.75) is 76.0 Å². The maximum absolute atomic E-state index is 7.02. The highest BCUT2D eigenvalue weighted by molar-refractivity contribution is 6.14. The molecule has 0 N–H and O–H groups in total. The number of fused-ring (bicyclic) bond motifs is 6. The Bertz CT molecular complexity index is 2750. The van der Waals surface area contributed by atoms with Crippen molar-refractivity contribution in [1.82, 2.24) is 29.5 Å². The summed E-state index contributed by atoms with van der Waals surface area (Å²) in [6.07, 6.45) is 20.6. The van der Waals surface area contributed by atoms with Gasteiger partial charge in [-0.25, -0.2) is 15.0 Å². The number of pyridine rings is 2. The molecule has 5 heterocycles. The highest BCUT2D eigenvalue weighted by atomic mass is 16.3. The molecule has 2 fully saturated rings. The monoisotopic (exact) mass is 730 g/mol. The molecule has 0 bridgehead atoms. The van der Waals surface area contributed by atoms with Crippen LogP contribution in [-0.2, 0) is 0 Å². The number of hydrogen-bond acceptors (Lipinski definition) is 6. The minimum atomic E-state index is 0.506. The summed E-state index contributed by atoms with van der Waals surface area (Å²) in [5.41, 5.74) is 10.2. The number of aromatic nitrogens is 6. The molecule has 7 nitrogen and oxygen atoms in total. The largest absolute Gasteiger partial charge is 0.453 e. The molecule has 2 aliphatic rings. The number of nitrogens with zero attached hydrogens (tertiary/aromatic N) is 6. The van der Waals surface area contributed by atoms with Gasteiger partial charge in [-0.1, -0.05) is 111 Å². The molecule has 56 heavy (non-hydrogen) atoms. The van der Waals surface area contributed by atoms with Crippen LogP contribution in [0.3, 0.4) is 0 Å². The molecular formula is C49H42N6O. The third-order valence-corrected chi connectivity index (χ3v) is 12.4. The zero-order chi connectivity index (χ0) is 37.0. The normalized spacial score (nSPS) is 15.7. The van der Waals surface area contributed by atoms with E-state index in [4.69, 9.17) is 29.3 Å². The lowest BCUT2D eigenvalue weighted by molar-refractivity contribution is 0.444. The third kappa shape index (κ3) is 5.67. The molecule has 0 unspecified atom stereocenters. The second-order valence-electron chi connectivity index (χ2n) is 15.8. The van der Waals surface area contributed by atoms with E-state index in [-0.39, 0.29) is 0 Å². The van der Waals surface area contributed by atoms with E-state index in [0.717, 1.165) is 33.2 Å². The average Bonchev–Trinajstić information content (AvgIpc) is 3.83. The van der Waals surface area contributed by atoms with Crippen LogP contribution in [0.15, 0.2) is 126 Å². The van der Waals surface area contributed by atoms with Gasteiger partial charge in [0.15, 0.2) is 23.1 Å². The van der Waals surface area contributed by atoms with Crippen LogP contribution < -0.4 is 0 Å². The molecule has 9 aromatic rings. The summed E-state index contributed by atoms with van der Waals surface area (Å²) in [5.74, 6) is 2.94. The molecule has 2 saturated carbocycles. The van der Waals surface area contributed by atoms with Gasteiger partial charge in [-0.15, -0.1) is 0 Å². The fourth-order valence-electron chi connectivity index (χ4n) is 9.53. The molecule has 274 valence electrons. The molecule has 2 aliphatic carbocycles. The van der Waals surface area contributed by atoms with E-state index in [1.165, 1.54) is 97.1 Å². The van der Waals surface area contributed by atoms with Gasteiger partial charge >= 0.3 is 0 Å². The van der Waals surface area contributed by atoms with Crippen LogP contribution in [-0.4, -0.2) is 29.5 Å². The second kappa shape index (κ2) is 13.8.